The first-order valence-electron chi connectivity index (χ1n) is 6.57. The molecule has 9 nitrogen and oxygen atoms in total. The van der Waals surface area contributed by atoms with Crippen LogP contribution in [0.25, 0.3) is 0 Å². The van der Waals surface area contributed by atoms with Gasteiger partial charge in [0.15, 0.2) is 0 Å². The third-order valence-corrected chi connectivity index (χ3v) is 3.27. The summed E-state index contributed by atoms with van der Waals surface area (Å²) in [7, 11) is 0. The van der Waals surface area contributed by atoms with Crippen LogP contribution in [-0.2, 0) is 20.9 Å². The second kappa shape index (κ2) is 7.78. The summed E-state index contributed by atoms with van der Waals surface area (Å²) in [6, 6.07) is -0.872. The number of carbonyl (C=O) groups is 2. The van der Waals surface area contributed by atoms with Gasteiger partial charge >= 0.3 is 11.7 Å². The molecule has 122 valence electrons. The van der Waals surface area contributed by atoms with Crippen molar-refractivity contribution in [1.82, 2.24) is 15.1 Å². The minimum atomic E-state index is -0.872. The fraction of sp³-hybridized carbons (Fsp3) is 0.583. The van der Waals surface area contributed by atoms with Crippen LogP contribution in [0.4, 0.5) is 5.69 Å². The molecule has 10 heteroatoms. The van der Waals surface area contributed by atoms with Gasteiger partial charge in [0.05, 0.1) is 11.5 Å². The zero-order valence-corrected chi connectivity index (χ0v) is 13.4. The van der Waals surface area contributed by atoms with E-state index >= 15 is 0 Å². The van der Waals surface area contributed by atoms with Gasteiger partial charge in [-0.3, -0.25) is 19.6 Å². The highest BCUT2D eigenvalue weighted by Crippen LogP contribution is 2.21. The van der Waals surface area contributed by atoms with Crippen molar-refractivity contribution in [2.45, 2.75) is 33.4 Å². The second-order valence-electron chi connectivity index (χ2n) is 4.49. The number of aromatic nitrogens is 2. The van der Waals surface area contributed by atoms with E-state index in [1.165, 1.54) is 18.5 Å². The Bertz CT molecular complexity index is 586. The van der Waals surface area contributed by atoms with Gasteiger partial charge in [0, 0.05) is 5.75 Å². The van der Waals surface area contributed by atoms with Gasteiger partial charge < -0.3 is 10.1 Å². The molecule has 1 heterocycles. The summed E-state index contributed by atoms with van der Waals surface area (Å²) in [5.74, 6) is -1.00. The molecule has 0 spiro atoms. The first-order chi connectivity index (χ1) is 10.3. The third-order valence-electron chi connectivity index (χ3n) is 2.91. The Labute approximate surface area is 132 Å². The number of ether oxygens (including phenoxy) is 1. The number of hydrogen-bond donors (Lipinski definition) is 2. The van der Waals surface area contributed by atoms with Crippen molar-refractivity contribution in [1.29, 1.82) is 0 Å². The van der Waals surface area contributed by atoms with Crippen molar-refractivity contribution < 1.29 is 19.2 Å². The van der Waals surface area contributed by atoms with E-state index in [1.54, 1.807) is 6.92 Å². The molecule has 0 aliphatic heterocycles. The maximum atomic E-state index is 11.9. The number of aryl methyl sites for hydroxylation is 1. The molecule has 1 rings (SSSR count). The third kappa shape index (κ3) is 4.20. The normalized spacial score (nSPS) is 11.8. The molecular weight excluding hydrogens is 312 g/mol. The Morgan fingerprint density at radius 2 is 2.14 bits per heavy atom. The van der Waals surface area contributed by atoms with Crippen LogP contribution in [0.15, 0.2) is 0 Å². The Kier molecular flexibility index (Phi) is 6.35. The molecule has 0 bridgehead atoms. The van der Waals surface area contributed by atoms with Crippen molar-refractivity contribution in [3.63, 3.8) is 0 Å². The Hall–Kier alpha value is -2.10. The van der Waals surface area contributed by atoms with E-state index in [-0.39, 0.29) is 36.0 Å². The van der Waals surface area contributed by atoms with Crippen LogP contribution in [0.5, 0.6) is 0 Å². The lowest BCUT2D eigenvalue weighted by Crippen LogP contribution is -2.44. The first-order valence-corrected chi connectivity index (χ1v) is 7.20. The molecule has 1 N–H and O–H groups in total. The molecule has 0 unspecified atom stereocenters. The Morgan fingerprint density at radius 3 is 2.59 bits per heavy atom. The van der Waals surface area contributed by atoms with Crippen molar-refractivity contribution >= 4 is 30.2 Å². The molecule has 1 atom stereocenters. The van der Waals surface area contributed by atoms with Crippen LogP contribution in [0, 0.1) is 24.0 Å². The zero-order valence-electron chi connectivity index (χ0n) is 12.5. The fourth-order valence-electron chi connectivity index (χ4n) is 1.90. The zero-order chi connectivity index (χ0) is 16.9. The highest BCUT2D eigenvalue weighted by Gasteiger charge is 2.25. The number of carbonyl (C=O) groups excluding carboxylic acids is 2. The van der Waals surface area contributed by atoms with Gasteiger partial charge in [-0.1, -0.05) is 0 Å². The summed E-state index contributed by atoms with van der Waals surface area (Å²) < 4.78 is 6.04. The first kappa shape index (κ1) is 18.0. The van der Waals surface area contributed by atoms with Gasteiger partial charge in [0.25, 0.3) is 0 Å². The molecule has 0 fully saturated rings. The summed E-state index contributed by atoms with van der Waals surface area (Å²) in [5, 5.41) is 17.3. The molecule has 0 aromatic carbocycles. The van der Waals surface area contributed by atoms with Crippen LogP contribution in [0.2, 0.25) is 0 Å². The number of nitrogens with zero attached hydrogens (tertiary/aromatic N) is 3. The number of amides is 1. The molecule has 1 aromatic rings. The number of hydrogen-bond acceptors (Lipinski definition) is 7. The van der Waals surface area contributed by atoms with Crippen LogP contribution < -0.4 is 5.32 Å². The predicted octanol–water partition coefficient (Wildman–Crippen LogP) is 0.386. The largest absolute Gasteiger partial charge is 0.464 e. The number of thiol groups is 1. The molecule has 0 aliphatic rings. The number of esters is 1. The van der Waals surface area contributed by atoms with E-state index in [9.17, 15) is 19.7 Å². The van der Waals surface area contributed by atoms with Crippen molar-refractivity contribution in [2.24, 2.45) is 0 Å². The fourth-order valence-corrected chi connectivity index (χ4v) is 2.14. The van der Waals surface area contributed by atoms with Gasteiger partial charge in [-0.05, 0) is 20.8 Å². The van der Waals surface area contributed by atoms with E-state index in [4.69, 9.17) is 4.74 Å². The van der Waals surface area contributed by atoms with Gasteiger partial charge in [-0.25, -0.2) is 4.79 Å². The smallest absolute Gasteiger partial charge is 0.329 e. The summed E-state index contributed by atoms with van der Waals surface area (Å²) in [6.45, 7) is 4.62. The highest BCUT2D eigenvalue weighted by molar-refractivity contribution is 7.80. The lowest BCUT2D eigenvalue weighted by Gasteiger charge is -2.15. The molecular formula is C12H18N4O5S. The molecule has 1 aromatic heterocycles. The number of nitrogens with one attached hydrogen (secondary N) is 1. The molecule has 0 saturated carbocycles. The van der Waals surface area contributed by atoms with E-state index in [1.807, 2.05) is 0 Å². The van der Waals surface area contributed by atoms with Crippen molar-refractivity contribution in [3.05, 3.63) is 21.5 Å². The summed E-state index contributed by atoms with van der Waals surface area (Å²) >= 11 is 3.99. The Morgan fingerprint density at radius 1 is 1.50 bits per heavy atom. The molecule has 0 radical (unpaired) electrons. The molecule has 0 saturated heterocycles. The van der Waals surface area contributed by atoms with Crippen LogP contribution >= 0.6 is 12.6 Å². The summed E-state index contributed by atoms with van der Waals surface area (Å²) in [4.78, 5) is 33.9. The van der Waals surface area contributed by atoms with Gasteiger partial charge in [-0.2, -0.15) is 17.7 Å². The van der Waals surface area contributed by atoms with E-state index < -0.39 is 22.8 Å². The topological polar surface area (TPSA) is 116 Å². The number of rotatable bonds is 7. The van der Waals surface area contributed by atoms with Crippen LogP contribution in [0.1, 0.15) is 18.3 Å². The maximum Gasteiger partial charge on any atom is 0.329 e. The summed E-state index contributed by atoms with van der Waals surface area (Å²) in [5.41, 5.74) is 0.381. The van der Waals surface area contributed by atoms with Gasteiger partial charge in [0.1, 0.15) is 24.0 Å². The minimum Gasteiger partial charge on any atom is -0.464 e. The van der Waals surface area contributed by atoms with E-state index in [0.717, 1.165) is 0 Å². The van der Waals surface area contributed by atoms with Gasteiger partial charge in [0.2, 0.25) is 5.91 Å². The highest BCUT2D eigenvalue weighted by atomic mass is 32.1. The monoisotopic (exact) mass is 330 g/mol. The second-order valence-corrected chi connectivity index (χ2v) is 4.85. The minimum absolute atomic E-state index is 0.0852. The van der Waals surface area contributed by atoms with Gasteiger partial charge in [-0.15, -0.1) is 0 Å². The lowest BCUT2D eigenvalue weighted by molar-refractivity contribution is -0.386. The van der Waals surface area contributed by atoms with Crippen molar-refractivity contribution in [3.8, 4) is 0 Å². The molecule has 1 amide bonds. The summed E-state index contributed by atoms with van der Waals surface area (Å²) in [6.07, 6.45) is 0. The Balaban J connectivity index is 2.79. The average Bonchev–Trinajstić information content (AvgIpc) is 2.70. The van der Waals surface area contributed by atoms with Crippen molar-refractivity contribution in [2.75, 3.05) is 12.4 Å². The quantitative estimate of drug-likeness (QED) is 0.323. The van der Waals surface area contributed by atoms with E-state index in [0.29, 0.717) is 0 Å². The average molecular weight is 330 g/mol. The SMILES string of the molecule is CCOC(=O)[C@H](CS)NC(=O)Cn1nc(C)c([N+](=O)[O-])c1C. The van der Waals surface area contributed by atoms with Crippen LogP contribution in [0.3, 0.4) is 0 Å². The van der Waals surface area contributed by atoms with Crippen LogP contribution in [-0.4, -0.2) is 45.0 Å². The molecule has 22 heavy (non-hydrogen) atoms. The maximum absolute atomic E-state index is 11.9. The standard InChI is InChI=1S/C12H18N4O5S/c1-4-21-12(18)9(6-22)13-10(17)5-15-8(3)11(16(19)20)7(2)14-15/h9,22H,4-6H2,1-3H3,(H,13,17)/t9-/m0/s1. The molecule has 0 aliphatic carbocycles. The van der Waals surface area contributed by atoms with E-state index in [2.05, 4.69) is 23.0 Å². The predicted molar refractivity (Wildman–Crippen MR) is 80.8 cm³/mol. The number of nitro groups is 1. The lowest BCUT2D eigenvalue weighted by atomic mass is 10.3.